The highest BCUT2D eigenvalue weighted by Crippen LogP contribution is 2.14. The topological polar surface area (TPSA) is 21.6 Å². The van der Waals surface area contributed by atoms with E-state index in [1.54, 1.807) is 0 Å². The Morgan fingerprint density at radius 3 is 2.44 bits per heavy atom. The highest BCUT2D eigenvalue weighted by molar-refractivity contribution is 6.01. The standard InChI is InChI=1S/C15H22FNO/c1-4-5-10-17-15(11-16)13-6-8-14(9-7-13)18-12(2)3/h6-9,12H,4-5,10-11H2,1-3H3/b17-15-. The van der Waals surface area contributed by atoms with Gasteiger partial charge >= 0.3 is 0 Å². The zero-order chi connectivity index (χ0) is 13.4. The maximum atomic E-state index is 12.9. The van der Waals surface area contributed by atoms with Crippen molar-refractivity contribution in [1.82, 2.24) is 0 Å². The summed E-state index contributed by atoms with van der Waals surface area (Å²) in [6.07, 6.45) is 2.22. The summed E-state index contributed by atoms with van der Waals surface area (Å²) in [5.74, 6) is 0.806. The fraction of sp³-hybridized carbons (Fsp3) is 0.533. The van der Waals surface area contributed by atoms with Crippen LogP contribution in [0.2, 0.25) is 0 Å². The molecule has 0 N–H and O–H groups in total. The van der Waals surface area contributed by atoms with Crippen molar-refractivity contribution in [3.05, 3.63) is 29.8 Å². The number of nitrogens with zero attached hydrogens (tertiary/aromatic N) is 1. The van der Waals surface area contributed by atoms with E-state index in [0.29, 0.717) is 12.3 Å². The van der Waals surface area contributed by atoms with Gasteiger partial charge in [-0.15, -0.1) is 0 Å². The summed E-state index contributed by atoms with van der Waals surface area (Å²) >= 11 is 0. The summed E-state index contributed by atoms with van der Waals surface area (Å²) in [5, 5.41) is 0. The van der Waals surface area contributed by atoms with Crippen molar-refractivity contribution in [1.29, 1.82) is 0 Å². The van der Waals surface area contributed by atoms with Gasteiger partial charge in [0.05, 0.1) is 11.8 Å². The third-order valence-corrected chi connectivity index (χ3v) is 2.50. The van der Waals surface area contributed by atoms with E-state index in [1.165, 1.54) is 0 Å². The van der Waals surface area contributed by atoms with E-state index in [9.17, 15) is 4.39 Å². The van der Waals surface area contributed by atoms with E-state index in [1.807, 2.05) is 38.1 Å². The number of rotatable bonds is 7. The van der Waals surface area contributed by atoms with Crippen LogP contribution in [-0.2, 0) is 0 Å². The molecule has 0 aromatic heterocycles. The largest absolute Gasteiger partial charge is 0.491 e. The van der Waals surface area contributed by atoms with Crippen LogP contribution in [-0.4, -0.2) is 25.0 Å². The minimum atomic E-state index is -0.520. The molecule has 3 heteroatoms. The van der Waals surface area contributed by atoms with Crippen LogP contribution in [0.5, 0.6) is 5.75 Å². The number of unbranched alkanes of at least 4 members (excludes halogenated alkanes) is 1. The van der Waals surface area contributed by atoms with Crippen molar-refractivity contribution in [3.63, 3.8) is 0 Å². The van der Waals surface area contributed by atoms with Crippen molar-refractivity contribution in [2.75, 3.05) is 13.2 Å². The summed E-state index contributed by atoms with van der Waals surface area (Å²) in [6, 6.07) is 7.45. The van der Waals surface area contributed by atoms with E-state index in [0.717, 1.165) is 24.2 Å². The number of aliphatic imine (C=N–C) groups is 1. The SMILES string of the molecule is CCCC/N=C(/CF)c1ccc(OC(C)C)cc1. The fourth-order valence-electron chi connectivity index (χ4n) is 1.58. The number of benzene rings is 1. The Balaban J connectivity index is 2.72. The van der Waals surface area contributed by atoms with E-state index in [2.05, 4.69) is 11.9 Å². The molecule has 0 heterocycles. The van der Waals surface area contributed by atoms with Crippen molar-refractivity contribution in [2.45, 2.75) is 39.7 Å². The molecule has 0 saturated carbocycles. The monoisotopic (exact) mass is 251 g/mol. The van der Waals surface area contributed by atoms with Gasteiger partial charge in [0.15, 0.2) is 0 Å². The first-order valence-electron chi connectivity index (χ1n) is 6.53. The van der Waals surface area contributed by atoms with Gasteiger partial charge in [0.25, 0.3) is 0 Å². The lowest BCUT2D eigenvalue weighted by Gasteiger charge is -2.10. The van der Waals surface area contributed by atoms with Crippen molar-refractivity contribution in [3.8, 4) is 5.75 Å². The molecule has 0 atom stereocenters. The molecular weight excluding hydrogens is 229 g/mol. The Morgan fingerprint density at radius 1 is 1.28 bits per heavy atom. The lowest BCUT2D eigenvalue weighted by Crippen LogP contribution is -2.07. The average molecular weight is 251 g/mol. The molecule has 100 valence electrons. The van der Waals surface area contributed by atoms with E-state index >= 15 is 0 Å². The maximum absolute atomic E-state index is 12.9. The minimum absolute atomic E-state index is 0.148. The number of alkyl halides is 1. The third kappa shape index (κ3) is 4.86. The van der Waals surface area contributed by atoms with Crippen molar-refractivity contribution in [2.24, 2.45) is 4.99 Å². The van der Waals surface area contributed by atoms with Gasteiger partial charge in [0.1, 0.15) is 12.4 Å². The van der Waals surface area contributed by atoms with Crippen LogP contribution >= 0.6 is 0 Å². The van der Waals surface area contributed by atoms with Crippen LogP contribution in [0.25, 0.3) is 0 Å². The number of hydrogen-bond acceptors (Lipinski definition) is 2. The molecule has 1 aromatic carbocycles. The Hall–Kier alpha value is -1.38. The quantitative estimate of drug-likeness (QED) is 0.529. The van der Waals surface area contributed by atoms with Gasteiger partial charge in [0.2, 0.25) is 0 Å². The summed E-state index contributed by atoms with van der Waals surface area (Å²) in [4.78, 5) is 4.29. The van der Waals surface area contributed by atoms with Crippen molar-refractivity contribution < 1.29 is 9.13 Å². The first-order valence-corrected chi connectivity index (χ1v) is 6.53. The first-order chi connectivity index (χ1) is 8.67. The molecular formula is C15H22FNO. The van der Waals surface area contributed by atoms with Crippen LogP contribution in [0.4, 0.5) is 4.39 Å². The van der Waals surface area contributed by atoms with E-state index < -0.39 is 6.67 Å². The summed E-state index contributed by atoms with van der Waals surface area (Å²) < 4.78 is 18.5. The molecule has 0 fully saturated rings. The normalized spacial score (nSPS) is 11.9. The van der Waals surface area contributed by atoms with Crippen LogP contribution in [0.3, 0.4) is 0 Å². The van der Waals surface area contributed by atoms with Gasteiger partial charge in [-0.25, -0.2) is 4.39 Å². The molecule has 0 radical (unpaired) electrons. The predicted octanol–water partition coefficient (Wildman–Crippen LogP) is 4.03. The average Bonchev–Trinajstić information content (AvgIpc) is 2.35. The second kappa shape index (κ2) is 7.85. The number of hydrogen-bond donors (Lipinski definition) is 0. The number of ether oxygens (including phenoxy) is 1. The van der Waals surface area contributed by atoms with Gasteiger partial charge in [0, 0.05) is 6.54 Å². The second-order valence-corrected chi connectivity index (χ2v) is 4.51. The maximum Gasteiger partial charge on any atom is 0.132 e. The van der Waals surface area contributed by atoms with E-state index in [-0.39, 0.29) is 6.10 Å². The summed E-state index contributed by atoms with van der Waals surface area (Å²) in [5.41, 5.74) is 1.37. The van der Waals surface area contributed by atoms with Gasteiger partial charge in [-0.2, -0.15) is 0 Å². The van der Waals surface area contributed by atoms with Crippen LogP contribution < -0.4 is 4.74 Å². The van der Waals surface area contributed by atoms with Gasteiger partial charge in [-0.05, 0) is 50.1 Å². The van der Waals surface area contributed by atoms with Crippen molar-refractivity contribution >= 4 is 5.71 Å². The molecule has 0 bridgehead atoms. The van der Waals surface area contributed by atoms with Gasteiger partial charge in [-0.1, -0.05) is 13.3 Å². The molecule has 0 aliphatic rings. The molecule has 18 heavy (non-hydrogen) atoms. The molecule has 1 aromatic rings. The molecule has 2 nitrogen and oxygen atoms in total. The number of halogens is 1. The zero-order valence-corrected chi connectivity index (χ0v) is 11.4. The minimum Gasteiger partial charge on any atom is -0.491 e. The third-order valence-electron chi connectivity index (χ3n) is 2.50. The second-order valence-electron chi connectivity index (χ2n) is 4.51. The predicted molar refractivity (Wildman–Crippen MR) is 74.5 cm³/mol. The molecule has 0 unspecified atom stereocenters. The Bertz CT molecular complexity index is 371. The molecule has 0 amide bonds. The highest BCUT2D eigenvalue weighted by Gasteiger charge is 2.04. The summed E-state index contributed by atoms with van der Waals surface area (Å²) in [6.45, 7) is 6.23. The lowest BCUT2D eigenvalue weighted by atomic mass is 10.1. The lowest BCUT2D eigenvalue weighted by molar-refractivity contribution is 0.242. The Labute approximate surface area is 109 Å². The van der Waals surface area contributed by atoms with Crippen LogP contribution in [0.1, 0.15) is 39.2 Å². The highest BCUT2D eigenvalue weighted by atomic mass is 19.1. The van der Waals surface area contributed by atoms with Crippen LogP contribution in [0.15, 0.2) is 29.3 Å². The molecule has 0 aliphatic carbocycles. The van der Waals surface area contributed by atoms with E-state index in [4.69, 9.17) is 4.74 Å². The molecule has 1 rings (SSSR count). The molecule has 0 aliphatic heterocycles. The van der Waals surface area contributed by atoms with Gasteiger partial charge in [-0.3, -0.25) is 4.99 Å². The molecule has 0 spiro atoms. The Morgan fingerprint density at radius 2 is 1.94 bits per heavy atom. The zero-order valence-electron chi connectivity index (χ0n) is 11.4. The van der Waals surface area contributed by atoms with Gasteiger partial charge < -0.3 is 4.74 Å². The fourth-order valence-corrected chi connectivity index (χ4v) is 1.58. The molecule has 0 saturated heterocycles. The van der Waals surface area contributed by atoms with Crippen LogP contribution in [0, 0.1) is 0 Å². The Kier molecular flexibility index (Phi) is 6.40. The summed E-state index contributed by atoms with van der Waals surface area (Å²) in [7, 11) is 0. The smallest absolute Gasteiger partial charge is 0.132 e. The first kappa shape index (κ1) is 14.7.